The largest absolute Gasteiger partial charge is 0.444 e. The zero-order valence-corrected chi connectivity index (χ0v) is 58.7. The van der Waals surface area contributed by atoms with E-state index in [0.717, 1.165) is 146 Å². The summed E-state index contributed by atoms with van der Waals surface area (Å²) in [5.41, 5.74) is 20.5. The number of anilines is 6. The first-order valence-corrected chi connectivity index (χ1v) is 35.1. The van der Waals surface area contributed by atoms with Crippen LogP contribution >= 0.6 is 37.2 Å². The lowest BCUT2D eigenvalue weighted by Crippen LogP contribution is -2.52. The quantitative estimate of drug-likeness (QED) is 0.0630. The molecule has 508 valence electrons. The Bertz CT molecular complexity index is 5230. The second-order valence-electron chi connectivity index (χ2n) is 25.7. The van der Waals surface area contributed by atoms with E-state index >= 15 is 0 Å². The third kappa shape index (κ3) is 13.4. The SMILES string of the molecule is CC(C)(C)OC(=O)NC1(c2ccc(-c3c(-c4ccc(NS(=O)(=O)c5ccccc5)cc4)nc4n3-c3cccnc3Nc3ccccc3-4)cc2)CCC1.Cl.Cl.Cl.NC1(c2ccc(-c3c(-c4ccc(NS(=O)(=O)c5ccccc5)cc4)nc4n3-c3cccnc3Nc3ccccc3-4)cc2)CCC1. The van der Waals surface area contributed by atoms with E-state index in [0.29, 0.717) is 17.2 Å². The van der Waals surface area contributed by atoms with E-state index in [2.05, 4.69) is 94.1 Å². The van der Waals surface area contributed by atoms with Gasteiger partial charge in [0.1, 0.15) is 17.2 Å². The van der Waals surface area contributed by atoms with E-state index in [1.807, 2.05) is 112 Å². The van der Waals surface area contributed by atoms with E-state index in [-0.39, 0.29) is 52.6 Å². The zero-order valence-electron chi connectivity index (χ0n) is 54.6. The highest BCUT2D eigenvalue weighted by Crippen LogP contribution is 2.49. The monoisotopic (exact) mass is 1430 g/mol. The molecule has 0 spiro atoms. The Morgan fingerprint density at radius 2 is 0.870 bits per heavy atom. The van der Waals surface area contributed by atoms with Gasteiger partial charge in [-0.3, -0.25) is 18.6 Å². The van der Waals surface area contributed by atoms with Gasteiger partial charge in [0.15, 0.2) is 11.6 Å². The number of nitrogens with two attached hydrogens (primary N) is 1. The van der Waals surface area contributed by atoms with Crippen LogP contribution in [0.4, 0.5) is 39.2 Å². The lowest BCUT2D eigenvalue weighted by molar-refractivity contribution is 0.0377. The number of hydrogen-bond acceptors (Lipinski definition) is 13. The van der Waals surface area contributed by atoms with Gasteiger partial charge in [-0.15, -0.1) is 37.2 Å². The number of ether oxygens (including phenoxy) is 1. The summed E-state index contributed by atoms with van der Waals surface area (Å²) in [5.74, 6) is 2.93. The molecule has 16 rings (SSSR count). The van der Waals surface area contributed by atoms with Crippen LogP contribution in [0.3, 0.4) is 0 Å². The molecule has 12 aromatic rings. The fourth-order valence-corrected chi connectivity index (χ4v) is 15.2. The number of hydrogen-bond donors (Lipinski definition) is 6. The number of carbonyl (C=O) groups excluding carboxylic acids is 1. The van der Waals surface area contributed by atoms with Crippen LogP contribution in [0.2, 0.25) is 0 Å². The fraction of sp³-hybridized carbons (Fsp3) is 0.156. The maximum atomic E-state index is 13.1. The predicted molar refractivity (Wildman–Crippen MR) is 403 cm³/mol. The van der Waals surface area contributed by atoms with Gasteiger partial charge in [-0.2, -0.15) is 0 Å². The summed E-state index contributed by atoms with van der Waals surface area (Å²) < 4.78 is 67.4. The summed E-state index contributed by atoms with van der Waals surface area (Å²) in [6.07, 6.45) is 8.88. The molecule has 23 heteroatoms. The van der Waals surface area contributed by atoms with Crippen LogP contribution in [0.1, 0.15) is 70.4 Å². The molecule has 4 aromatic heterocycles. The Morgan fingerprint density at radius 1 is 0.480 bits per heavy atom. The first kappa shape index (κ1) is 69.6. The summed E-state index contributed by atoms with van der Waals surface area (Å²) in [6.45, 7) is 5.58. The lowest BCUT2D eigenvalue weighted by atomic mass is 9.71. The van der Waals surface area contributed by atoms with Gasteiger partial charge in [-0.05, 0) is 167 Å². The second kappa shape index (κ2) is 27.8. The van der Waals surface area contributed by atoms with Crippen LogP contribution in [0, 0.1) is 0 Å². The van der Waals surface area contributed by atoms with E-state index in [4.69, 9.17) is 25.4 Å². The van der Waals surface area contributed by atoms with Gasteiger partial charge >= 0.3 is 6.09 Å². The van der Waals surface area contributed by atoms with Crippen molar-refractivity contribution in [2.24, 2.45) is 5.73 Å². The highest BCUT2D eigenvalue weighted by atomic mass is 35.5. The van der Waals surface area contributed by atoms with E-state index in [1.165, 1.54) is 0 Å². The van der Waals surface area contributed by atoms with E-state index in [9.17, 15) is 21.6 Å². The predicted octanol–water partition coefficient (Wildman–Crippen LogP) is 17.8. The van der Waals surface area contributed by atoms with Crippen molar-refractivity contribution in [1.82, 2.24) is 34.4 Å². The molecular formula is C77H71Cl3N12O6S2. The van der Waals surface area contributed by atoms with E-state index in [1.54, 1.807) is 97.3 Å². The number of imidazole rings is 2. The number of rotatable bonds is 13. The van der Waals surface area contributed by atoms with Gasteiger partial charge in [-0.1, -0.05) is 133 Å². The minimum absolute atomic E-state index is 0. The zero-order chi connectivity index (χ0) is 66.7. The first-order chi connectivity index (χ1) is 46.9. The molecule has 4 aliphatic rings. The number of fused-ring (bicyclic) bond motifs is 10. The molecule has 2 aliphatic heterocycles. The molecule has 0 radical (unpaired) electrons. The van der Waals surface area contributed by atoms with Gasteiger partial charge in [0.05, 0.1) is 60.9 Å². The van der Waals surface area contributed by atoms with Gasteiger partial charge in [0.25, 0.3) is 20.0 Å². The van der Waals surface area contributed by atoms with Crippen molar-refractivity contribution in [3.63, 3.8) is 0 Å². The number of benzene rings is 8. The smallest absolute Gasteiger partial charge is 0.408 e. The summed E-state index contributed by atoms with van der Waals surface area (Å²) in [4.78, 5) is 33.3. The highest BCUT2D eigenvalue weighted by Gasteiger charge is 2.42. The number of halogens is 3. The number of nitrogens with zero attached hydrogens (tertiary/aromatic N) is 6. The van der Waals surface area contributed by atoms with Crippen LogP contribution < -0.4 is 31.1 Å². The van der Waals surface area contributed by atoms with Gasteiger partial charge in [-0.25, -0.2) is 41.6 Å². The van der Waals surface area contributed by atoms with Crippen LogP contribution in [0.15, 0.2) is 253 Å². The second-order valence-corrected chi connectivity index (χ2v) is 29.1. The molecule has 0 atom stereocenters. The van der Waals surface area contributed by atoms with Gasteiger partial charge < -0.3 is 26.4 Å². The summed E-state index contributed by atoms with van der Waals surface area (Å²) in [5, 5.41) is 10.2. The Balaban J connectivity index is 0.000000186. The van der Waals surface area contributed by atoms with Gasteiger partial charge in [0, 0.05) is 62.7 Å². The number of aromatic nitrogens is 6. The Kier molecular flexibility index (Phi) is 19.3. The number of nitrogens with one attached hydrogen (secondary N) is 5. The third-order valence-electron chi connectivity index (χ3n) is 18.2. The number of amides is 1. The Morgan fingerprint density at radius 3 is 1.26 bits per heavy atom. The molecule has 8 aromatic carbocycles. The molecule has 0 bridgehead atoms. The molecule has 2 saturated carbocycles. The third-order valence-corrected chi connectivity index (χ3v) is 21.0. The molecule has 2 fully saturated rings. The number of pyridine rings is 2. The van der Waals surface area contributed by atoms with Crippen LogP contribution in [-0.2, 0) is 35.9 Å². The van der Waals surface area contributed by atoms with Crippen LogP contribution in [-0.4, -0.2) is 57.6 Å². The lowest BCUT2D eigenvalue weighted by Gasteiger charge is -2.43. The number of sulfonamides is 2. The molecule has 0 saturated heterocycles. The topological polar surface area (TPSA) is 242 Å². The van der Waals surface area contributed by atoms with E-state index < -0.39 is 37.3 Å². The fourth-order valence-electron chi connectivity index (χ4n) is 13.1. The molecule has 2 aliphatic carbocycles. The van der Waals surface area contributed by atoms with Gasteiger partial charge in [0.2, 0.25) is 0 Å². The number of carbonyl (C=O) groups is 1. The first-order valence-electron chi connectivity index (χ1n) is 32.2. The number of para-hydroxylation sites is 2. The van der Waals surface area contributed by atoms with Crippen LogP contribution in [0.25, 0.3) is 79.2 Å². The highest BCUT2D eigenvalue weighted by molar-refractivity contribution is 7.93. The summed E-state index contributed by atoms with van der Waals surface area (Å²) >= 11 is 0. The molecule has 7 N–H and O–H groups in total. The normalized spacial score (nSPS) is 14.0. The minimum Gasteiger partial charge on any atom is -0.444 e. The molecular weight excluding hydrogens is 1360 g/mol. The van der Waals surface area contributed by atoms with Crippen molar-refractivity contribution < 1.29 is 26.4 Å². The standard InChI is InChI=1S/C41H38N6O4S.C36H30N6O2S.3ClH/c1-40(2,3)51-39(48)45-41(24-10-25-41)29-20-16-28(17-21-29)36-35(27-18-22-30(23-19-27)46-52(49,50)31-11-5-4-6-12-31)44-38-32-13-7-8-14-33(32)43-37-34(47(36)38)15-9-26-42-37;37-36(21-7-22-36)26-17-13-25(14-18-26)33-32(24-15-19-27(20-16-24)41-45(43,44)28-8-2-1-3-9-28)40-35-29-10-4-5-11-30(29)39-34-31(42(33)35)12-6-23-38-34;;;/h4-9,11-23,26,46H,10,24-25H2,1-3H3,(H,42,43)(H,45,48);1-6,8-20,23,41H,7,21-22,37H2,(H,38,39);3*1H. The number of alkyl carbamates (subject to hydrolysis) is 1. The maximum Gasteiger partial charge on any atom is 0.408 e. The summed E-state index contributed by atoms with van der Waals surface area (Å²) in [6, 6.07) is 72.0. The van der Waals surface area contributed by atoms with Crippen LogP contribution in [0.5, 0.6) is 0 Å². The van der Waals surface area contributed by atoms with Crippen molar-refractivity contribution in [1.29, 1.82) is 0 Å². The molecule has 100 heavy (non-hydrogen) atoms. The maximum absolute atomic E-state index is 13.1. The Labute approximate surface area is 599 Å². The molecule has 1 amide bonds. The average Bonchev–Trinajstić information content (AvgIpc) is 1.57. The molecule has 0 unspecified atom stereocenters. The average molecular weight is 1430 g/mol. The molecule has 18 nitrogen and oxygen atoms in total. The summed E-state index contributed by atoms with van der Waals surface area (Å²) in [7, 11) is -7.49. The van der Waals surface area contributed by atoms with Crippen molar-refractivity contribution in [3.05, 3.63) is 254 Å². The molecule has 6 heterocycles. The van der Waals surface area contributed by atoms with Crippen molar-refractivity contribution >= 4 is 97.7 Å². The van der Waals surface area contributed by atoms with Crippen molar-refractivity contribution in [3.8, 4) is 79.2 Å². The van der Waals surface area contributed by atoms with Crippen molar-refractivity contribution in [2.75, 3.05) is 20.1 Å². The Hall–Kier alpha value is -10.3. The minimum atomic E-state index is -3.76. The van der Waals surface area contributed by atoms with Crippen molar-refractivity contribution in [2.45, 2.75) is 85.8 Å².